The second-order valence-corrected chi connectivity index (χ2v) is 7.26. The topological polar surface area (TPSA) is 64.0 Å². The Bertz CT molecular complexity index is 489. The SMILES string of the molecule is Cc1nc(S(=O)(=O)NCC(C)(C)CCCl)cn1C. The van der Waals surface area contributed by atoms with E-state index in [1.807, 2.05) is 13.8 Å². The maximum absolute atomic E-state index is 12.0. The average Bonchev–Trinajstić information content (AvgIpc) is 2.58. The Morgan fingerprint density at radius 1 is 1.50 bits per heavy atom. The molecule has 1 heterocycles. The van der Waals surface area contributed by atoms with Gasteiger partial charge in [-0.1, -0.05) is 13.8 Å². The highest BCUT2D eigenvalue weighted by molar-refractivity contribution is 7.89. The number of nitrogens with zero attached hydrogens (tertiary/aromatic N) is 2. The van der Waals surface area contributed by atoms with E-state index in [9.17, 15) is 8.42 Å². The number of aryl methyl sites for hydroxylation is 2. The van der Waals surface area contributed by atoms with Crippen LogP contribution in [0.15, 0.2) is 11.2 Å². The largest absolute Gasteiger partial charge is 0.337 e. The zero-order chi connectivity index (χ0) is 14.0. The van der Waals surface area contributed by atoms with Crippen LogP contribution in [0, 0.1) is 12.3 Å². The normalized spacial score (nSPS) is 12.9. The van der Waals surface area contributed by atoms with Gasteiger partial charge in [0.2, 0.25) is 0 Å². The second-order valence-electron chi connectivity index (χ2n) is 5.17. The first-order valence-corrected chi connectivity index (χ1v) is 7.75. The van der Waals surface area contributed by atoms with Crippen molar-refractivity contribution >= 4 is 21.6 Å². The third-order valence-corrected chi connectivity index (χ3v) is 4.33. The molecule has 1 aromatic rings. The van der Waals surface area contributed by atoms with E-state index in [1.54, 1.807) is 18.5 Å². The maximum Gasteiger partial charge on any atom is 0.259 e. The molecule has 5 nitrogen and oxygen atoms in total. The second kappa shape index (κ2) is 5.59. The third kappa shape index (κ3) is 3.96. The lowest BCUT2D eigenvalue weighted by molar-refractivity contribution is 0.352. The molecule has 104 valence electrons. The molecule has 0 aliphatic heterocycles. The number of rotatable bonds is 6. The zero-order valence-corrected chi connectivity index (χ0v) is 12.8. The van der Waals surface area contributed by atoms with Crippen LogP contribution in [0.25, 0.3) is 0 Å². The lowest BCUT2D eigenvalue weighted by Gasteiger charge is -2.23. The van der Waals surface area contributed by atoms with Crippen molar-refractivity contribution in [1.82, 2.24) is 14.3 Å². The minimum Gasteiger partial charge on any atom is -0.337 e. The molecule has 0 amide bonds. The number of sulfonamides is 1. The van der Waals surface area contributed by atoms with E-state index in [-0.39, 0.29) is 10.4 Å². The standard InChI is InChI=1S/C11H20ClN3O2S/c1-9-14-10(7-15(9)4)18(16,17)13-8-11(2,3)5-6-12/h7,13H,5-6,8H2,1-4H3. The molecule has 1 rings (SSSR count). The van der Waals surface area contributed by atoms with Crippen LogP contribution in [-0.4, -0.2) is 30.4 Å². The van der Waals surface area contributed by atoms with E-state index in [1.165, 1.54) is 6.20 Å². The van der Waals surface area contributed by atoms with Crippen LogP contribution in [0.3, 0.4) is 0 Å². The van der Waals surface area contributed by atoms with Gasteiger partial charge in [-0.25, -0.2) is 18.1 Å². The number of halogens is 1. The van der Waals surface area contributed by atoms with E-state index in [4.69, 9.17) is 11.6 Å². The van der Waals surface area contributed by atoms with E-state index in [2.05, 4.69) is 9.71 Å². The van der Waals surface area contributed by atoms with Crippen molar-refractivity contribution in [3.63, 3.8) is 0 Å². The fourth-order valence-electron chi connectivity index (χ4n) is 1.36. The van der Waals surface area contributed by atoms with Gasteiger partial charge in [-0.15, -0.1) is 11.6 Å². The number of hydrogen-bond donors (Lipinski definition) is 1. The van der Waals surface area contributed by atoms with Crippen molar-refractivity contribution in [3.05, 3.63) is 12.0 Å². The molecule has 18 heavy (non-hydrogen) atoms. The quantitative estimate of drug-likeness (QED) is 0.811. The number of imidazole rings is 1. The van der Waals surface area contributed by atoms with Gasteiger partial charge in [0.25, 0.3) is 10.0 Å². The lowest BCUT2D eigenvalue weighted by atomic mass is 9.91. The molecular formula is C11H20ClN3O2S. The van der Waals surface area contributed by atoms with Gasteiger partial charge in [0.15, 0.2) is 5.03 Å². The lowest BCUT2D eigenvalue weighted by Crippen LogP contribution is -2.34. The Balaban J connectivity index is 2.77. The van der Waals surface area contributed by atoms with Crippen LogP contribution in [-0.2, 0) is 17.1 Å². The molecule has 0 atom stereocenters. The molecule has 0 fully saturated rings. The van der Waals surface area contributed by atoms with Gasteiger partial charge in [-0.2, -0.15) is 0 Å². The highest BCUT2D eigenvalue weighted by Crippen LogP contribution is 2.20. The summed E-state index contributed by atoms with van der Waals surface area (Å²) >= 11 is 5.68. The maximum atomic E-state index is 12.0. The van der Waals surface area contributed by atoms with Gasteiger partial charge in [0, 0.05) is 25.7 Å². The highest BCUT2D eigenvalue weighted by Gasteiger charge is 2.23. The van der Waals surface area contributed by atoms with Gasteiger partial charge in [-0.05, 0) is 18.8 Å². The van der Waals surface area contributed by atoms with E-state index < -0.39 is 10.0 Å². The molecule has 0 spiro atoms. The predicted molar refractivity (Wildman–Crippen MR) is 72.3 cm³/mol. The van der Waals surface area contributed by atoms with Crippen LogP contribution < -0.4 is 4.72 Å². The molecular weight excluding hydrogens is 274 g/mol. The van der Waals surface area contributed by atoms with Crippen molar-refractivity contribution in [1.29, 1.82) is 0 Å². The fourth-order valence-corrected chi connectivity index (χ4v) is 3.15. The monoisotopic (exact) mass is 293 g/mol. The summed E-state index contributed by atoms with van der Waals surface area (Å²) in [5.41, 5.74) is -0.168. The summed E-state index contributed by atoms with van der Waals surface area (Å²) < 4.78 is 28.3. The van der Waals surface area contributed by atoms with Crippen LogP contribution in [0.5, 0.6) is 0 Å². The van der Waals surface area contributed by atoms with E-state index in [0.29, 0.717) is 18.2 Å². The minimum atomic E-state index is -3.54. The van der Waals surface area contributed by atoms with Crippen molar-refractivity contribution in [2.45, 2.75) is 32.2 Å². The summed E-state index contributed by atoms with van der Waals surface area (Å²) in [5.74, 6) is 1.17. The van der Waals surface area contributed by atoms with Crippen molar-refractivity contribution < 1.29 is 8.42 Å². The van der Waals surface area contributed by atoms with Gasteiger partial charge in [0.1, 0.15) is 5.82 Å². The summed E-state index contributed by atoms with van der Waals surface area (Å²) in [4.78, 5) is 4.01. The molecule has 0 aliphatic rings. The minimum absolute atomic E-state index is 0.0594. The molecule has 0 saturated heterocycles. The van der Waals surface area contributed by atoms with Gasteiger partial charge in [0.05, 0.1) is 0 Å². The van der Waals surface area contributed by atoms with Gasteiger partial charge >= 0.3 is 0 Å². The first kappa shape index (κ1) is 15.5. The average molecular weight is 294 g/mol. The Hall–Kier alpha value is -0.590. The molecule has 1 aromatic heterocycles. The summed E-state index contributed by atoms with van der Waals surface area (Å²) in [6.45, 7) is 6.05. The van der Waals surface area contributed by atoms with Crippen LogP contribution >= 0.6 is 11.6 Å². The Morgan fingerprint density at radius 2 is 2.11 bits per heavy atom. The Morgan fingerprint density at radius 3 is 2.56 bits per heavy atom. The van der Waals surface area contributed by atoms with Gasteiger partial charge < -0.3 is 4.57 Å². The van der Waals surface area contributed by atoms with E-state index >= 15 is 0 Å². The van der Waals surface area contributed by atoms with Crippen LogP contribution in [0.4, 0.5) is 0 Å². The Labute approximate surface area is 114 Å². The molecule has 0 aromatic carbocycles. The van der Waals surface area contributed by atoms with Crippen LogP contribution in [0.1, 0.15) is 26.1 Å². The molecule has 0 aliphatic carbocycles. The molecule has 0 bridgehead atoms. The molecule has 1 N–H and O–H groups in total. The first-order chi connectivity index (χ1) is 8.18. The highest BCUT2D eigenvalue weighted by atomic mass is 35.5. The molecule has 0 radical (unpaired) electrons. The summed E-state index contributed by atoms with van der Waals surface area (Å²) in [7, 11) is -1.78. The summed E-state index contributed by atoms with van der Waals surface area (Å²) in [6.07, 6.45) is 2.25. The number of aromatic nitrogens is 2. The third-order valence-electron chi connectivity index (χ3n) is 2.87. The first-order valence-electron chi connectivity index (χ1n) is 5.73. The number of nitrogens with one attached hydrogen (secondary N) is 1. The molecule has 0 saturated carbocycles. The van der Waals surface area contributed by atoms with Crippen molar-refractivity contribution in [2.24, 2.45) is 12.5 Å². The smallest absolute Gasteiger partial charge is 0.259 e. The molecule has 7 heteroatoms. The summed E-state index contributed by atoms with van der Waals surface area (Å²) in [5, 5.41) is 0.0594. The predicted octanol–water partition coefficient (Wildman–Crippen LogP) is 1.66. The zero-order valence-electron chi connectivity index (χ0n) is 11.2. The molecule has 0 unspecified atom stereocenters. The fraction of sp³-hybridized carbons (Fsp3) is 0.727. The number of alkyl halides is 1. The van der Waals surface area contributed by atoms with Crippen molar-refractivity contribution in [2.75, 3.05) is 12.4 Å². The summed E-state index contributed by atoms with van der Waals surface area (Å²) in [6, 6.07) is 0. The van der Waals surface area contributed by atoms with Crippen molar-refractivity contribution in [3.8, 4) is 0 Å². The number of hydrogen-bond acceptors (Lipinski definition) is 3. The Kier molecular flexibility index (Phi) is 4.80. The van der Waals surface area contributed by atoms with Crippen LogP contribution in [0.2, 0.25) is 0 Å². The van der Waals surface area contributed by atoms with Gasteiger partial charge in [-0.3, -0.25) is 0 Å². The van der Waals surface area contributed by atoms with E-state index in [0.717, 1.165) is 6.42 Å².